The average Bonchev–Trinajstić information content (AvgIpc) is 2.26. The van der Waals surface area contributed by atoms with Gasteiger partial charge in [0.05, 0.1) is 4.92 Å². The minimum Gasteiger partial charge on any atom is -0.383 e. The minimum atomic E-state index is -0.363. The summed E-state index contributed by atoms with van der Waals surface area (Å²) in [5.74, 6) is 0. The number of nitro groups is 1. The topological polar surface area (TPSA) is 55.2 Å². The second-order valence-corrected chi connectivity index (χ2v) is 6.15. The van der Waals surface area contributed by atoms with Crippen molar-refractivity contribution in [3.05, 3.63) is 33.9 Å². The van der Waals surface area contributed by atoms with Crippen molar-refractivity contribution in [3.8, 4) is 0 Å². The number of rotatable bonds is 5. The quantitative estimate of drug-likeness (QED) is 0.646. The van der Waals surface area contributed by atoms with E-state index in [0.29, 0.717) is 0 Å². The molecular weight excluding hydrogens is 236 g/mol. The zero-order chi connectivity index (χ0) is 13.1. The van der Waals surface area contributed by atoms with E-state index < -0.39 is 0 Å². The molecule has 1 aromatic rings. The zero-order valence-corrected chi connectivity index (χ0v) is 11.4. The van der Waals surface area contributed by atoms with Crippen molar-refractivity contribution in [1.82, 2.24) is 0 Å². The first-order valence-electron chi connectivity index (χ1n) is 5.39. The molecule has 0 saturated heterocycles. The molecule has 4 nitrogen and oxygen atoms in total. The highest BCUT2D eigenvalue weighted by Gasteiger charge is 2.16. The molecule has 94 valence electrons. The fraction of sp³-hybridized carbons (Fsp3) is 0.500. The number of thioether (sulfide) groups is 1. The smallest absolute Gasteiger partial charge is 0.271 e. The van der Waals surface area contributed by atoms with E-state index >= 15 is 0 Å². The highest BCUT2D eigenvalue weighted by atomic mass is 32.2. The molecule has 0 amide bonds. The van der Waals surface area contributed by atoms with Crippen molar-refractivity contribution in [1.29, 1.82) is 0 Å². The molecular formula is C12H18N2O2S. The van der Waals surface area contributed by atoms with E-state index in [0.717, 1.165) is 17.8 Å². The lowest BCUT2D eigenvalue weighted by molar-refractivity contribution is -0.384. The summed E-state index contributed by atoms with van der Waals surface area (Å²) in [5, 5.41) is 14.0. The summed E-state index contributed by atoms with van der Waals surface area (Å²) in [6.07, 6.45) is 2.06. The standard InChI is InChI=1S/C12H18N2O2S/c1-9-5-10(7-11(6-9)14(15)16)13-8-12(2,3)17-4/h5-7,13H,8H2,1-4H3. The molecule has 0 atom stereocenters. The van der Waals surface area contributed by atoms with Crippen LogP contribution in [-0.4, -0.2) is 22.5 Å². The number of nitrogens with one attached hydrogen (secondary N) is 1. The van der Waals surface area contributed by atoms with Crippen LogP contribution in [0, 0.1) is 17.0 Å². The Morgan fingerprint density at radius 1 is 1.41 bits per heavy atom. The lowest BCUT2D eigenvalue weighted by Gasteiger charge is -2.23. The number of hydrogen-bond acceptors (Lipinski definition) is 4. The van der Waals surface area contributed by atoms with Gasteiger partial charge in [0.1, 0.15) is 0 Å². The Balaban J connectivity index is 2.81. The van der Waals surface area contributed by atoms with Crippen molar-refractivity contribution >= 4 is 23.1 Å². The predicted octanol–water partition coefficient (Wildman–Crippen LogP) is 3.46. The van der Waals surface area contributed by atoms with E-state index in [9.17, 15) is 10.1 Å². The fourth-order valence-corrected chi connectivity index (χ4v) is 1.57. The third-order valence-electron chi connectivity index (χ3n) is 2.54. The van der Waals surface area contributed by atoms with Crippen molar-refractivity contribution in [2.24, 2.45) is 0 Å². The molecule has 0 aliphatic carbocycles. The summed E-state index contributed by atoms with van der Waals surface area (Å²) in [6, 6.07) is 5.07. The highest BCUT2D eigenvalue weighted by molar-refractivity contribution is 7.99. The molecule has 0 bridgehead atoms. The molecule has 0 radical (unpaired) electrons. The van der Waals surface area contributed by atoms with Gasteiger partial charge >= 0.3 is 0 Å². The van der Waals surface area contributed by atoms with Gasteiger partial charge in [0.15, 0.2) is 0 Å². The molecule has 0 aliphatic heterocycles. The molecule has 0 aliphatic rings. The molecule has 0 aromatic heterocycles. The van der Waals surface area contributed by atoms with E-state index in [-0.39, 0.29) is 15.4 Å². The molecule has 1 rings (SSSR count). The Kier molecular flexibility index (Phi) is 4.40. The predicted molar refractivity (Wildman–Crippen MR) is 73.9 cm³/mol. The molecule has 0 saturated carbocycles. The Bertz CT molecular complexity index is 419. The van der Waals surface area contributed by atoms with E-state index in [1.54, 1.807) is 23.9 Å². The average molecular weight is 254 g/mol. The largest absolute Gasteiger partial charge is 0.383 e. The number of non-ortho nitro benzene ring substituents is 1. The van der Waals surface area contributed by atoms with Crippen LogP contribution >= 0.6 is 11.8 Å². The summed E-state index contributed by atoms with van der Waals surface area (Å²) in [7, 11) is 0. The first-order valence-corrected chi connectivity index (χ1v) is 6.62. The summed E-state index contributed by atoms with van der Waals surface area (Å²) < 4.78 is 0.110. The fourth-order valence-electron chi connectivity index (χ4n) is 1.36. The first-order chi connectivity index (χ1) is 7.84. The van der Waals surface area contributed by atoms with E-state index in [1.165, 1.54) is 0 Å². The van der Waals surface area contributed by atoms with Crippen molar-refractivity contribution in [2.45, 2.75) is 25.5 Å². The van der Waals surface area contributed by atoms with Gasteiger partial charge in [-0.25, -0.2) is 0 Å². The Morgan fingerprint density at radius 2 is 2.06 bits per heavy atom. The van der Waals surface area contributed by atoms with Crippen LogP contribution in [0.5, 0.6) is 0 Å². The first kappa shape index (κ1) is 13.8. The number of benzene rings is 1. The Labute approximate surface area is 106 Å². The second kappa shape index (κ2) is 5.40. The van der Waals surface area contributed by atoms with Crippen LogP contribution in [0.1, 0.15) is 19.4 Å². The van der Waals surface area contributed by atoms with Gasteiger partial charge in [-0.3, -0.25) is 10.1 Å². The van der Waals surface area contributed by atoms with E-state index in [1.807, 2.05) is 13.0 Å². The molecule has 17 heavy (non-hydrogen) atoms. The Morgan fingerprint density at radius 3 is 2.59 bits per heavy atom. The third-order valence-corrected chi connectivity index (χ3v) is 3.79. The molecule has 5 heteroatoms. The van der Waals surface area contributed by atoms with Crippen LogP contribution in [0.15, 0.2) is 18.2 Å². The zero-order valence-electron chi connectivity index (χ0n) is 10.6. The van der Waals surface area contributed by atoms with Gasteiger partial charge in [0.2, 0.25) is 0 Å². The van der Waals surface area contributed by atoms with Crippen molar-refractivity contribution in [3.63, 3.8) is 0 Å². The van der Waals surface area contributed by atoms with Crippen LogP contribution in [0.3, 0.4) is 0 Å². The third kappa shape index (κ3) is 4.26. The van der Waals surface area contributed by atoms with Crippen molar-refractivity contribution in [2.75, 3.05) is 18.1 Å². The molecule has 0 unspecified atom stereocenters. The van der Waals surface area contributed by atoms with Crippen LogP contribution in [0.25, 0.3) is 0 Å². The molecule has 0 heterocycles. The van der Waals surface area contributed by atoms with Crippen LogP contribution in [-0.2, 0) is 0 Å². The van der Waals surface area contributed by atoms with Gasteiger partial charge in [-0.2, -0.15) is 11.8 Å². The van der Waals surface area contributed by atoms with Crippen LogP contribution in [0.2, 0.25) is 0 Å². The lowest BCUT2D eigenvalue weighted by atomic mass is 10.1. The normalized spacial score (nSPS) is 11.3. The number of nitro benzene ring substituents is 1. The molecule has 1 N–H and O–H groups in total. The summed E-state index contributed by atoms with van der Waals surface area (Å²) >= 11 is 1.76. The second-order valence-electron chi connectivity index (χ2n) is 4.63. The molecule has 1 aromatic carbocycles. The van der Waals surface area contributed by atoms with E-state index in [4.69, 9.17) is 0 Å². The van der Waals surface area contributed by atoms with Gasteiger partial charge in [-0.15, -0.1) is 0 Å². The summed E-state index contributed by atoms with van der Waals surface area (Å²) in [5.41, 5.74) is 1.83. The van der Waals surface area contributed by atoms with Gasteiger partial charge < -0.3 is 5.32 Å². The van der Waals surface area contributed by atoms with Crippen LogP contribution in [0.4, 0.5) is 11.4 Å². The van der Waals surface area contributed by atoms with E-state index in [2.05, 4.69) is 25.4 Å². The van der Waals surface area contributed by atoms with Crippen molar-refractivity contribution < 1.29 is 4.92 Å². The maximum atomic E-state index is 10.7. The Hall–Kier alpha value is -1.23. The monoisotopic (exact) mass is 254 g/mol. The highest BCUT2D eigenvalue weighted by Crippen LogP contribution is 2.24. The maximum absolute atomic E-state index is 10.7. The molecule has 0 fully saturated rings. The molecule has 0 spiro atoms. The number of aryl methyl sites for hydroxylation is 1. The van der Waals surface area contributed by atoms with Gasteiger partial charge in [-0.1, -0.05) is 0 Å². The minimum absolute atomic E-state index is 0.110. The SMILES string of the molecule is CSC(C)(C)CNc1cc(C)cc([N+](=O)[O-])c1. The van der Waals surface area contributed by atoms with Gasteiger partial charge in [0, 0.05) is 29.1 Å². The van der Waals surface area contributed by atoms with Crippen LogP contribution < -0.4 is 5.32 Å². The number of nitrogens with zero attached hydrogens (tertiary/aromatic N) is 1. The van der Waals surface area contributed by atoms with Gasteiger partial charge in [0.25, 0.3) is 5.69 Å². The summed E-state index contributed by atoms with van der Waals surface area (Å²) in [4.78, 5) is 10.4. The maximum Gasteiger partial charge on any atom is 0.271 e. The summed E-state index contributed by atoms with van der Waals surface area (Å²) in [6.45, 7) is 6.90. The number of anilines is 1. The lowest BCUT2D eigenvalue weighted by Crippen LogP contribution is -2.25. The number of hydrogen-bond donors (Lipinski definition) is 1. The van der Waals surface area contributed by atoms with Gasteiger partial charge in [-0.05, 0) is 38.7 Å².